The van der Waals surface area contributed by atoms with Gasteiger partial charge in [-0.15, -0.1) is 9.63 Å². The van der Waals surface area contributed by atoms with Crippen molar-refractivity contribution in [3.05, 3.63) is 64.4 Å². The number of nitrogens with one attached hydrogen (secondary N) is 2. The van der Waals surface area contributed by atoms with E-state index < -0.39 is 0 Å². The van der Waals surface area contributed by atoms with Crippen molar-refractivity contribution in [1.82, 2.24) is 19.9 Å². The molecule has 2 N–H and O–H groups in total. The van der Waals surface area contributed by atoms with Crippen molar-refractivity contribution in [2.75, 3.05) is 24.7 Å². The molecule has 0 saturated carbocycles. The second-order valence-electron chi connectivity index (χ2n) is 7.18. The molecule has 1 aliphatic heterocycles. The molecule has 0 unspecified atom stereocenters. The lowest BCUT2D eigenvalue weighted by atomic mass is 9.94. The molecule has 1 aromatic carbocycles. The predicted molar refractivity (Wildman–Crippen MR) is 127 cm³/mol. The average molecular weight is 486 g/mol. The van der Waals surface area contributed by atoms with Gasteiger partial charge in [-0.3, -0.25) is 0 Å². The normalized spacial score (nSPS) is 15.1. The first-order valence-electron chi connectivity index (χ1n) is 9.87. The molecule has 9 heteroatoms. The van der Waals surface area contributed by atoms with E-state index in [1.165, 1.54) is 11.9 Å². The first-order chi connectivity index (χ1) is 14.7. The van der Waals surface area contributed by atoms with Gasteiger partial charge in [0.05, 0.1) is 16.4 Å². The van der Waals surface area contributed by atoms with Gasteiger partial charge in [-0.1, -0.05) is 30.8 Å². The third-order valence-electron chi connectivity index (χ3n) is 5.21. The van der Waals surface area contributed by atoms with Crippen LogP contribution in [0.25, 0.3) is 11.3 Å². The lowest BCUT2D eigenvalue weighted by molar-refractivity contribution is 0.453. The molecular formula is C21H24BrN7S. The van der Waals surface area contributed by atoms with Crippen molar-refractivity contribution in [3.63, 3.8) is 0 Å². The molecule has 4 rings (SSSR count). The second-order valence-corrected chi connectivity index (χ2v) is 8.56. The summed E-state index contributed by atoms with van der Waals surface area (Å²) in [6, 6.07) is 10.3. The first kappa shape index (κ1) is 21.0. The minimum absolute atomic E-state index is 0.472. The summed E-state index contributed by atoms with van der Waals surface area (Å²) in [5, 5.41) is 15.5. The molecule has 0 bridgehead atoms. The molecular weight excluding hydrogens is 462 g/mol. The molecule has 30 heavy (non-hydrogen) atoms. The van der Waals surface area contributed by atoms with Crippen LogP contribution in [0, 0.1) is 0 Å². The number of anilines is 1. The number of nitrogens with zero attached hydrogens (tertiary/aromatic N) is 5. The average Bonchev–Trinajstić information content (AvgIpc) is 3.17. The van der Waals surface area contributed by atoms with E-state index in [4.69, 9.17) is 4.98 Å². The molecule has 0 aliphatic carbocycles. The van der Waals surface area contributed by atoms with Crippen LogP contribution in [0.1, 0.15) is 35.6 Å². The maximum Gasteiger partial charge on any atom is 0.171 e. The molecule has 2 aromatic heterocycles. The van der Waals surface area contributed by atoms with E-state index in [-0.39, 0.29) is 0 Å². The monoisotopic (exact) mass is 485 g/mol. The maximum atomic E-state index is 4.88. The van der Waals surface area contributed by atoms with Crippen molar-refractivity contribution in [2.24, 2.45) is 9.63 Å². The van der Waals surface area contributed by atoms with Crippen molar-refractivity contribution >= 4 is 45.0 Å². The lowest BCUT2D eigenvalue weighted by Gasteiger charge is -2.23. The Morgan fingerprint density at radius 2 is 2.10 bits per heavy atom. The van der Waals surface area contributed by atoms with Gasteiger partial charge in [0.1, 0.15) is 5.82 Å². The molecule has 0 radical (unpaired) electrons. The molecule has 0 spiro atoms. The van der Waals surface area contributed by atoms with E-state index in [1.54, 1.807) is 6.20 Å². The highest BCUT2D eigenvalue weighted by Crippen LogP contribution is 2.29. The fourth-order valence-electron chi connectivity index (χ4n) is 3.56. The van der Waals surface area contributed by atoms with Gasteiger partial charge in [0.2, 0.25) is 0 Å². The molecule has 156 valence electrons. The van der Waals surface area contributed by atoms with Crippen LogP contribution < -0.4 is 10.6 Å². The predicted octanol–water partition coefficient (Wildman–Crippen LogP) is 5.27. The van der Waals surface area contributed by atoms with Gasteiger partial charge in [0.15, 0.2) is 5.65 Å². The number of aromatic nitrogens is 3. The van der Waals surface area contributed by atoms with Gasteiger partial charge >= 0.3 is 0 Å². The summed E-state index contributed by atoms with van der Waals surface area (Å²) in [4.78, 5) is 4.88. The van der Waals surface area contributed by atoms with Crippen LogP contribution in [-0.2, 0) is 6.54 Å². The molecule has 0 amide bonds. The van der Waals surface area contributed by atoms with E-state index in [9.17, 15) is 0 Å². The highest BCUT2D eigenvalue weighted by molar-refractivity contribution is 9.10. The fraction of sp³-hybridized carbons (Fsp3) is 0.333. The number of hydrogen-bond donors (Lipinski definition) is 2. The summed E-state index contributed by atoms with van der Waals surface area (Å²) in [5.41, 5.74) is 4.76. The van der Waals surface area contributed by atoms with Crippen molar-refractivity contribution < 1.29 is 0 Å². The second kappa shape index (κ2) is 9.72. The lowest BCUT2D eigenvalue weighted by Crippen LogP contribution is -2.27. The van der Waals surface area contributed by atoms with E-state index in [0.29, 0.717) is 18.2 Å². The summed E-state index contributed by atoms with van der Waals surface area (Å²) < 4.78 is 6.69. The van der Waals surface area contributed by atoms with Crippen LogP contribution in [0.3, 0.4) is 0 Å². The van der Waals surface area contributed by atoms with Crippen LogP contribution in [0.2, 0.25) is 0 Å². The Labute approximate surface area is 188 Å². The van der Waals surface area contributed by atoms with Crippen molar-refractivity contribution in [3.8, 4) is 0 Å². The Morgan fingerprint density at radius 3 is 2.83 bits per heavy atom. The zero-order valence-corrected chi connectivity index (χ0v) is 19.2. The highest BCUT2D eigenvalue weighted by atomic mass is 79.9. The quantitative estimate of drug-likeness (QED) is 0.351. The summed E-state index contributed by atoms with van der Waals surface area (Å²) in [6.45, 7) is 6.71. The van der Waals surface area contributed by atoms with E-state index in [2.05, 4.69) is 66.1 Å². The Kier molecular flexibility index (Phi) is 6.81. The minimum atomic E-state index is 0.472. The summed E-state index contributed by atoms with van der Waals surface area (Å²) in [5.74, 6) is 1.42. The minimum Gasteiger partial charge on any atom is -0.366 e. The maximum absolute atomic E-state index is 4.88. The number of hydrogen-bond acceptors (Lipinski definition) is 7. The largest absolute Gasteiger partial charge is 0.366 e. The van der Waals surface area contributed by atoms with Crippen LogP contribution in [0.15, 0.2) is 57.2 Å². The number of fused-ring (bicyclic) bond motifs is 1. The van der Waals surface area contributed by atoms with Crippen molar-refractivity contribution in [2.45, 2.75) is 25.3 Å². The SMILES string of the molecule is C=C(N=NSC)c1ccc(CNc2cc(C3CCNCC3)nc3c(Br)cnn23)cc1. The van der Waals surface area contributed by atoms with E-state index >= 15 is 0 Å². The first-order valence-corrected chi connectivity index (χ1v) is 11.8. The number of halogens is 1. The van der Waals surface area contributed by atoms with Crippen LogP contribution in [0.4, 0.5) is 5.82 Å². The van der Waals surface area contributed by atoms with Crippen molar-refractivity contribution in [1.29, 1.82) is 0 Å². The van der Waals surface area contributed by atoms with Gasteiger partial charge < -0.3 is 10.6 Å². The zero-order valence-electron chi connectivity index (χ0n) is 16.8. The Balaban J connectivity index is 1.53. The molecule has 7 nitrogen and oxygen atoms in total. The number of benzene rings is 1. The van der Waals surface area contributed by atoms with Crippen LogP contribution in [-0.4, -0.2) is 33.9 Å². The van der Waals surface area contributed by atoms with Gasteiger partial charge in [-0.05, 0) is 59.4 Å². The summed E-state index contributed by atoms with van der Waals surface area (Å²) in [7, 11) is 0. The van der Waals surface area contributed by atoms with Gasteiger partial charge in [0, 0.05) is 36.0 Å². The smallest absolute Gasteiger partial charge is 0.171 e. The molecule has 1 saturated heterocycles. The Hall–Kier alpha value is -2.23. The molecule has 1 fully saturated rings. The number of piperidine rings is 1. The Bertz CT molecular complexity index is 1060. The van der Waals surface area contributed by atoms with E-state index in [0.717, 1.165) is 58.7 Å². The highest BCUT2D eigenvalue weighted by Gasteiger charge is 2.19. The summed E-state index contributed by atoms with van der Waals surface area (Å²) in [6.07, 6.45) is 5.88. The summed E-state index contributed by atoms with van der Waals surface area (Å²) >= 11 is 4.90. The fourth-order valence-corrected chi connectivity index (χ4v) is 4.09. The van der Waals surface area contributed by atoms with Crippen LogP contribution in [0.5, 0.6) is 0 Å². The molecule has 3 heterocycles. The third-order valence-corrected chi connectivity index (χ3v) is 6.01. The third kappa shape index (κ3) is 4.74. The Morgan fingerprint density at radius 1 is 1.33 bits per heavy atom. The van der Waals surface area contributed by atoms with Gasteiger partial charge in [-0.25, -0.2) is 4.98 Å². The number of rotatable bonds is 7. The van der Waals surface area contributed by atoms with Crippen LogP contribution >= 0.6 is 27.9 Å². The molecule has 1 aliphatic rings. The topological polar surface area (TPSA) is 79.0 Å². The molecule has 0 atom stereocenters. The standard InChI is InChI=1S/C21H24BrN7S/c1-14(27-28-30-2)16-5-3-15(4-6-16)12-24-20-11-19(17-7-9-23-10-8-17)26-21-18(22)13-25-29(20)21/h3-6,11,13,17,23-24H,1,7-10,12H2,2H3. The zero-order chi connectivity index (χ0) is 20.9. The molecule has 3 aromatic rings. The van der Waals surface area contributed by atoms with Gasteiger partial charge in [0.25, 0.3) is 0 Å². The van der Waals surface area contributed by atoms with Gasteiger partial charge in [-0.2, -0.15) is 9.61 Å². The van der Waals surface area contributed by atoms with E-state index in [1.807, 2.05) is 22.9 Å².